The number of nitrogens with one attached hydrogen (secondary N) is 2. The van der Waals surface area contributed by atoms with Crippen molar-refractivity contribution < 1.29 is 9.59 Å². The summed E-state index contributed by atoms with van der Waals surface area (Å²) >= 11 is 1.56. The number of amides is 2. The second kappa shape index (κ2) is 8.72. The quantitative estimate of drug-likeness (QED) is 0.793. The third-order valence-electron chi connectivity index (χ3n) is 3.79. The molecule has 0 saturated carbocycles. The van der Waals surface area contributed by atoms with E-state index in [4.69, 9.17) is 0 Å². The molecule has 132 valence electrons. The molecule has 0 unspecified atom stereocenters. The van der Waals surface area contributed by atoms with Crippen molar-refractivity contribution in [2.75, 3.05) is 5.32 Å². The van der Waals surface area contributed by atoms with Crippen molar-refractivity contribution in [1.82, 2.24) is 5.32 Å². The van der Waals surface area contributed by atoms with Crippen LogP contribution in [0.5, 0.6) is 0 Å². The molecule has 5 heteroatoms. The van der Waals surface area contributed by atoms with E-state index in [2.05, 4.69) is 10.6 Å². The Labute approximate surface area is 153 Å². The zero-order chi connectivity index (χ0) is 18.4. The standard InChI is InChI=1S/C20H24N2O2S/c1-5-14(3)21-20(24)16-8-11-19(18(12-16)22-15(4)23)25-17-9-6-13(2)7-10-17/h6-12,14H,5H2,1-4H3,(H,21,24)(H,22,23)/t14-/m1/s1. The molecule has 0 aliphatic heterocycles. The summed E-state index contributed by atoms with van der Waals surface area (Å²) in [5.41, 5.74) is 2.38. The summed E-state index contributed by atoms with van der Waals surface area (Å²) in [5.74, 6) is -0.293. The first-order valence-corrected chi connectivity index (χ1v) is 9.17. The first kappa shape index (κ1) is 19.1. The van der Waals surface area contributed by atoms with Gasteiger partial charge in [0, 0.05) is 28.3 Å². The molecule has 0 saturated heterocycles. The molecule has 0 fully saturated rings. The van der Waals surface area contributed by atoms with E-state index in [0.717, 1.165) is 16.2 Å². The smallest absolute Gasteiger partial charge is 0.251 e. The third-order valence-corrected chi connectivity index (χ3v) is 4.87. The van der Waals surface area contributed by atoms with E-state index in [9.17, 15) is 9.59 Å². The second-order valence-corrected chi connectivity index (χ2v) is 7.21. The van der Waals surface area contributed by atoms with Gasteiger partial charge in [0.1, 0.15) is 0 Å². The maximum absolute atomic E-state index is 12.3. The molecule has 0 radical (unpaired) electrons. The summed E-state index contributed by atoms with van der Waals surface area (Å²) in [5, 5.41) is 5.77. The fourth-order valence-corrected chi connectivity index (χ4v) is 3.07. The minimum absolute atomic E-state index is 0.110. The van der Waals surface area contributed by atoms with Gasteiger partial charge in [0.2, 0.25) is 5.91 Å². The van der Waals surface area contributed by atoms with Crippen LogP contribution in [-0.2, 0) is 4.79 Å². The molecule has 0 aromatic heterocycles. The predicted molar refractivity (Wildman–Crippen MR) is 103 cm³/mol. The monoisotopic (exact) mass is 356 g/mol. The van der Waals surface area contributed by atoms with E-state index < -0.39 is 0 Å². The summed E-state index contributed by atoms with van der Waals surface area (Å²) in [6.07, 6.45) is 0.867. The van der Waals surface area contributed by atoms with Crippen molar-refractivity contribution in [3.8, 4) is 0 Å². The van der Waals surface area contributed by atoms with Gasteiger partial charge in [-0.2, -0.15) is 0 Å². The lowest BCUT2D eigenvalue weighted by atomic mass is 10.1. The molecule has 0 aliphatic carbocycles. The Hall–Kier alpha value is -2.27. The first-order chi connectivity index (χ1) is 11.9. The van der Waals surface area contributed by atoms with Crippen LogP contribution in [0.1, 0.15) is 43.1 Å². The van der Waals surface area contributed by atoms with Gasteiger partial charge in [0.05, 0.1) is 5.69 Å². The Morgan fingerprint density at radius 1 is 1.12 bits per heavy atom. The van der Waals surface area contributed by atoms with Crippen LogP contribution in [0.2, 0.25) is 0 Å². The molecule has 0 spiro atoms. The fourth-order valence-electron chi connectivity index (χ4n) is 2.19. The van der Waals surface area contributed by atoms with E-state index in [-0.39, 0.29) is 17.9 Å². The summed E-state index contributed by atoms with van der Waals surface area (Å²) in [7, 11) is 0. The average molecular weight is 356 g/mol. The SMILES string of the molecule is CC[C@@H](C)NC(=O)c1ccc(Sc2ccc(C)cc2)c(NC(C)=O)c1. The van der Waals surface area contributed by atoms with Gasteiger partial charge in [-0.3, -0.25) is 9.59 Å². The van der Waals surface area contributed by atoms with Gasteiger partial charge in [-0.05, 0) is 50.6 Å². The maximum Gasteiger partial charge on any atom is 0.251 e. The zero-order valence-corrected chi connectivity index (χ0v) is 15.9. The Morgan fingerprint density at radius 2 is 1.80 bits per heavy atom. The van der Waals surface area contributed by atoms with Crippen molar-refractivity contribution in [1.29, 1.82) is 0 Å². The maximum atomic E-state index is 12.3. The minimum Gasteiger partial charge on any atom is -0.350 e. The largest absolute Gasteiger partial charge is 0.350 e. The number of carbonyl (C=O) groups excluding carboxylic acids is 2. The van der Waals surface area contributed by atoms with Gasteiger partial charge < -0.3 is 10.6 Å². The van der Waals surface area contributed by atoms with Crippen LogP contribution in [0.4, 0.5) is 5.69 Å². The summed E-state index contributed by atoms with van der Waals surface area (Å²) in [6, 6.07) is 13.7. The summed E-state index contributed by atoms with van der Waals surface area (Å²) in [4.78, 5) is 25.9. The number of hydrogen-bond acceptors (Lipinski definition) is 3. The summed E-state index contributed by atoms with van der Waals surface area (Å²) in [6.45, 7) is 7.50. The van der Waals surface area contributed by atoms with Gasteiger partial charge in [-0.1, -0.05) is 36.4 Å². The average Bonchev–Trinajstić information content (AvgIpc) is 2.57. The molecule has 25 heavy (non-hydrogen) atoms. The van der Waals surface area contributed by atoms with Crippen LogP contribution in [-0.4, -0.2) is 17.9 Å². The van der Waals surface area contributed by atoms with E-state index in [1.165, 1.54) is 12.5 Å². The van der Waals surface area contributed by atoms with Gasteiger partial charge in [0.25, 0.3) is 5.91 Å². The zero-order valence-electron chi connectivity index (χ0n) is 15.1. The molecule has 2 N–H and O–H groups in total. The summed E-state index contributed by atoms with van der Waals surface area (Å²) < 4.78 is 0. The molecule has 1 atom stereocenters. The predicted octanol–water partition coefficient (Wildman–Crippen LogP) is 4.63. The van der Waals surface area contributed by atoms with Gasteiger partial charge in [-0.25, -0.2) is 0 Å². The fraction of sp³-hybridized carbons (Fsp3) is 0.300. The number of anilines is 1. The van der Waals surface area contributed by atoms with Crippen LogP contribution in [0, 0.1) is 6.92 Å². The number of carbonyl (C=O) groups is 2. The lowest BCUT2D eigenvalue weighted by Gasteiger charge is -2.14. The van der Waals surface area contributed by atoms with E-state index in [1.807, 2.05) is 51.1 Å². The minimum atomic E-state index is -0.162. The van der Waals surface area contributed by atoms with Crippen LogP contribution in [0.15, 0.2) is 52.3 Å². The van der Waals surface area contributed by atoms with Crippen LogP contribution in [0.3, 0.4) is 0 Å². The van der Waals surface area contributed by atoms with Crippen molar-refractivity contribution >= 4 is 29.3 Å². The molecule has 0 aliphatic rings. The molecule has 2 amide bonds. The van der Waals surface area contributed by atoms with Crippen molar-refractivity contribution in [2.45, 2.75) is 49.9 Å². The van der Waals surface area contributed by atoms with Gasteiger partial charge in [-0.15, -0.1) is 0 Å². The third kappa shape index (κ3) is 5.64. The lowest BCUT2D eigenvalue weighted by molar-refractivity contribution is -0.114. The lowest BCUT2D eigenvalue weighted by Crippen LogP contribution is -2.31. The highest BCUT2D eigenvalue weighted by atomic mass is 32.2. The normalized spacial score (nSPS) is 11.7. The van der Waals surface area contributed by atoms with Crippen LogP contribution < -0.4 is 10.6 Å². The highest BCUT2D eigenvalue weighted by Crippen LogP contribution is 2.34. The van der Waals surface area contributed by atoms with E-state index >= 15 is 0 Å². The van der Waals surface area contributed by atoms with Gasteiger partial charge >= 0.3 is 0 Å². The Bertz CT molecular complexity index is 757. The molecule has 0 heterocycles. The van der Waals surface area contributed by atoms with E-state index in [1.54, 1.807) is 23.9 Å². The Morgan fingerprint density at radius 3 is 2.40 bits per heavy atom. The van der Waals surface area contributed by atoms with Gasteiger partial charge in [0.15, 0.2) is 0 Å². The molecule has 2 rings (SSSR count). The molecular weight excluding hydrogens is 332 g/mol. The topological polar surface area (TPSA) is 58.2 Å². The number of rotatable bonds is 6. The number of benzene rings is 2. The highest BCUT2D eigenvalue weighted by Gasteiger charge is 2.13. The molecule has 2 aromatic carbocycles. The first-order valence-electron chi connectivity index (χ1n) is 8.36. The Kier molecular flexibility index (Phi) is 6.65. The van der Waals surface area contributed by atoms with Crippen LogP contribution >= 0.6 is 11.8 Å². The molecule has 2 aromatic rings. The van der Waals surface area contributed by atoms with E-state index in [0.29, 0.717) is 11.3 Å². The number of hydrogen-bond donors (Lipinski definition) is 2. The molecular formula is C20H24N2O2S. The van der Waals surface area contributed by atoms with Crippen molar-refractivity contribution in [3.05, 3.63) is 53.6 Å². The highest BCUT2D eigenvalue weighted by molar-refractivity contribution is 7.99. The number of aryl methyl sites for hydroxylation is 1. The van der Waals surface area contributed by atoms with Crippen LogP contribution in [0.25, 0.3) is 0 Å². The second-order valence-electron chi connectivity index (χ2n) is 6.09. The Balaban J connectivity index is 2.28. The van der Waals surface area contributed by atoms with Crippen molar-refractivity contribution in [3.63, 3.8) is 0 Å². The molecule has 4 nitrogen and oxygen atoms in total. The van der Waals surface area contributed by atoms with Crippen molar-refractivity contribution in [2.24, 2.45) is 0 Å². The molecule has 0 bridgehead atoms.